The molecule has 2 saturated carbocycles. The lowest BCUT2D eigenvalue weighted by Crippen LogP contribution is -2.40. The third kappa shape index (κ3) is 1.59. The number of rotatable bonds is 1. The molecule has 2 aliphatic carbocycles. The van der Waals surface area contributed by atoms with E-state index in [1.807, 2.05) is 0 Å². The van der Waals surface area contributed by atoms with Crippen molar-refractivity contribution < 1.29 is 10.2 Å². The highest BCUT2D eigenvalue weighted by atomic mass is 16.3. The van der Waals surface area contributed by atoms with Crippen LogP contribution in [-0.4, -0.2) is 47.1 Å². The van der Waals surface area contributed by atoms with E-state index in [-0.39, 0.29) is 18.2 Å². The van der Waals surface area contributed by atoms with Crippen LogP contribution in [0.3, 0.4) is 0 Å². The molecule has 0 amide bonds. The van der Waals surface area contributed by atoms with Gasteiger partial charge in [-0.2, -0.15) is 0 Å². The fraction of sp³-hybridized carbons (Fsp3) is 1.00. The maximum Gasteiger partial charge on any atom is 0.0738 e. The smallest absolute Gasteiger partial charge is 0.0738 e. The van der Waals surface area contributed by atoms with E-state index in [1.165, 1.54) is 19.3 Å². The van der Waals surface area contributed by atoms with Crippen molar-refractivity contribution in [2.24, 2.45) is 17.8 Å². The zero-order valence-electron chi connectivity index (χ0n) is 10.8. The van der Waals surface area contributed by atoms with Crippen molar-refractivity contribution in [3.63, 3.8) is 0 Å². The summed E-state index contributed by atoms with van der Waals surface area (Å²) in [7, 11) is 0. The third-order valence-electron chi connectivity index (χ3n) is 6.02. The molecule has 2 unspecified atom stereocenters. The topological polar surface area (TPSA) is 64.5 Å². The average molecular weight is 252 g/mol. The van der Waals surface area contributed by atoms with Crippen molar-refractivity contribution >= 4 is 0 Å². The first-order valence-electron chi connectivity index (χ1n) is 7.59. The molecule has 4 nitrogen and oxygen atoms in total. The van der Waals surface area contributed by atoms with Gasteiger partial charge in [0.25, 0.3) is 0 Å². The first kappa shape index (κ1) is 11.6. The Morgan fingerprint density at radius 2 is 1.83 bits per heavy atom. The molecule has 0 aromatic heterocycles. The van der Waals surface area contributed by atoms with E-state index >= 15 is 0 Å². The molecule has 2 aliphatic heterocycles. The van der Waals surface area contributed by atoms with Crippen molar-refractivity contribution in [2.75, 3.05) is 6.54 Å². The molecule has 2 heterocycles. The molecule has 102 valence electrons. The standard InChI is InChI=1S/C14H24N2O2/c17-12-6-15-11-5-7(4-9(11)12)13-14(18)8-2-1-3-10(8)16-13/h7-18H,1-6H2/t7?,8-,9-,10+,11+,12+,13?,14+/m0/s1. The largest absolute Gasteiger partial charge is 0.391 e. The molecular weight excluding hydrogens is 228 g/mol. The highest BCUT2D eigenvalue weighted by Crippen LogP contribution is 2.44. The van der Waals surface area contributed by atoms with Gasteiger partial charge in [0.2, 0.25) is 0 Å². The lowest BCUT2D eigenvalue weighted by molar-refractivity contribution is 0.0872. The van der Waals surface area contributed by atoms with Crippen LogP contribution in [0.15, 0.2) is 0 Å². The van der Waals surface area contributed by atoms with Crippen LogP contribution >= 0.6 is 0 Å². The van der Waals surface area contributed by atoms with Gasteiger partial charge in [-0.25, -0.2) is 0 Å². The second kappa shape index (κ2) is 4.17. The Balaban J connectivity index is 1.46. The first-order valence-corrected chi connectivity index (χ1v) is 7.59. The van der Waals surface area contributed by atoms with Gasteiger partial charge in [-0.15, -0.1) is 0 Å². The molecule has 0 bridgehead atoms. The zero-order valence-corrected chi connectivity index (χ0v) is 10.8. The van der Waals surface area contributed by atoms with Gasteiger partial charge in [-0.3, -0.25) is 0 Å². The van der Waals surface area contributed by atoms with Crippen LogP contribution in [-0.2, 0) is 0 Å². The average Bonchev–Trinajstić information content (AvgIpc) is 3.04. The van der Waals surface area contributed by atoms with Crippen molar-refractivity contribution in [3.8, 4) is 0 Å². The van der Waals surface area contributed by atoms with Crippen LogP contribution in [0.25, 0.3) is 0 Å². The molecule has 4 N–H and O–H groups in total. The second-order valence-corrected chi connectivity index (χ2v) is 6.86. The maximum atomic E-state index is 10.5. The van der Waals surface area contributed by atoms with Gasteiger partial charge in [0, 0.05) is 36.5 Å². The third-order valence-corrected chi connectivity index (χ3v) is 6.02. The van der Waals surface area contributed by atoms with Crippen LogP contribution in [0.1, 0.15) is 32.1 Å². The second-order valence-electron chi connectivity index (χ2n) is 6.86. The summed E-state index contributed by atoms with van der Waals surface area (Å²) >= 11 is 0. The van der Waals surface area contributed by atoms with E-state index in [0.717, 1.165) is 19.4 Å². The van der Waals surface area contributed by atoms with Gasteiger partial charge in [-0.1, -0.05) is 6.42 Å². The highest BCUT2D eigenvalue weighted by Gasteiger charge is 2.51. The van der Waals surface area contributed by atoms with Gasteiger partial charge in [0.1, 0.15) is 0 Å². The van der Waals surface area contributed by atoms with Crippen molar-refractivity contribution in [2.45, 2.75) is 62.4 Å². The summed E-state index contributed by atoms with van der Waals surface area (Å²) in [5.74, 6) is 1.46. The van der Waals surface area contributed by atoms with Crippen molar-refractivity contribution in [1.29, 1.82) is 0 Å². The quantitative estimate of drug-likeness (QED) is 0.524. The van der Waals surface area contributed by atoms with Crippen molar-refractivity contribution in [1.82, 2.24) is 10.6 Å². The van der Waals surface area contributed by atoms with Gasteiger partial charge < -0.3 is 20.8 Å². The molecule has 0 radical (unpaired) electrons. The fourth-order valence-electron chi connectivity index (χ4n) is 5.12. The summed E-state index contributed by atoms with van der Waals surface area (Å²) in [4.78, 5) is 0. The van der Waals surface area contributed by atoms with Crippen LogP contribution < -0.4 is 10.6 Å². The summed E-state index contributed by atoms with van der Waals surface area (Å²) in [6.45, 7) is 0.758. The van der Waals surface area contributed by atoms with E-state index < -0.39 is 0 Å². The Morgan fingerprint density at radius 1 is 0.944 bits per heavy atom. The number of hydrogen-bond donors (Lipinski definition) is 4. The van der Waals surface area contributed by atoms with Gasteiger partial charge >= 0.3 is 0 Å². The summed E-state index contributed by atoms with van der Waals surface area (Å²) in [6.07, 6.45) is 5.57. The highest BCUT2D eigenvalue weighted by molar-refractivity contribution is 5.08. The Bertz CT molecular complexity index is 338. The molecule has 4 aliphatic rings. The minimum absolute atomic E-state index is 0.154. The number of fused-ring (bicyclic) bond motifs is 2. The van der Waals surface area contributed by atoms with E-state index in [1.54, 1.807) is 0 Å². The van der Waals surface area contributed by atoms with Crippen LogP contribution in [0.4, 0.5) is 0 Å². The first-order chi connectivity index (χ1) is 8.74. The monoisotopic (exact) mass is 252 g/mol. The normalized spacial score (nSPS) is 59.0. The molecule has 0 aromatic rings. The predicted molar refractivity (Wildman–Crippen MR) is 68.1 cm³/mol. The van der Waals surface area contributed by atoms with Crippen LogP contribution in [0, 0.1) is 17.8 Å². The Morgan fingerprint density at radius 3 is 2.61 bits per heavy atom. The number of aliphatic hydroxyl groups is 2. The van der Waals surface area contributed by atoms with E-state index in [9.17, 15) is 10.2 Å². The molecule has 4 fully saturated rings. The van der Waals surface area contributed by atoms with Crippen molar-refractivity contribution in [3.05, 3.63) is 0 Å². The fourth-order valence-corrected chi connectivity index (χ4v) is 5.12. The lowest BCUT2D eigenvalue weighted by Gasteiger charge is -2.25. The molecule has 4 rings (SSSR count). The molecule has 0 aromatic carbocycles. The minimum atomic E-state index is -0.168. The molecule has 8 atom stereocenters. The van der Waals surface area contributed by atoms with Gasteiger partial charge in [0.15, 0.2) is 0 Å². The molecule has 18 heavy (non-hydrogen) atoms. The minimum Gasteiger partial charge on any atom is -0.391 e. The molecule has 4 heteroatoms. The van der Waals surface area contributed by atoms with E-state index in [2.05, 4.69) is 10.6 Å². The zero-order chi connectivity index (χ0) is 12.3. The van der Waals surface area contributed by atoms with Gasteiger partial charge in [-0.05, 0) is 31.6 Å². The predicted octanol–water partition coefficient (Wildman–Crippen LogP) is -0.153. The Labute approximate surface area is 108 Å². The lowest BCUT2D eigenvalue weighted by atomic mass is 9.88. The summed E-state index contributed by atoms with van der Waals surface area (Å²) in [6, 6.07) is 1.32. The van der Waals surface area contributed by atoms with Crippen LogP contribution in [0.5, 0.6) is 0 Å². The number of β-amino-alcohol motifs (C(OH)–C–C–N with tert-alkyl or cyclic N) is 1. The number of hydrogen-bond acceptors (Lipinski definition) is 4. The number of aliphatic hydroxyl groups excluding tert-OH is 2. The summed E-state index contributed by atoms with van der Waals surface area (Å²) < 4.78 is 0. The molecule has 0 spiro atoms. The maximum absolute atomic E-state index is 10.5. The van der Waals surface area contributed by atoms with Crippen LogP contribution in [0.2, 0.25) is 0 Å². The molecular formula is C14H24N2O2. The Hall–Kier alpha value is -0.160. The molecule has 2 saturated heterocycles. The van der Waals surface area contributed by atoms with E-state index in [4.69, 9.17) is 0 Å². The summed E-state index contributed by atoms with van der Waals surface area (Å²) in [5, 5.41) is 27.6. The number of nitrogens with one attached hydrogen (secondary N) is 2. The van der Waals surface area contributed by atoms with Gasteiger partial charge in [0.05, 0.1) is 12.2 Å². The van der Waals surface area contributed by atoms with E-state index in [0.29, 0.717) is 29.8 Å². The summed E-state index contributed by atoms with van der Waals surface area (Å²) in [5.41, 5.74) is 0. The Kier molecular flexibility index (Phi) is 2.70. The SMILES string of the molecule is O[C@@H]1CN[C@@H]2CC(C3N[C@@H]4CCC[C@@H]4[C@H]3O)C[C@H]12.